The van der Waals surface area contributed by atoms with E-state index in [0.717, 1.165) is 12.8 Å². The van der Waals surface area contributed by atoms with Crippen molar-refractivity contribution in [3.8, 4) is 0 Å². The van der Waals surface area contributed by atoms with Gasteiger partial charge in [-0.1, -0.05) is 109 Å². The van der Waals surface area contributed by atoms with E-state index >= 15 is 0 Å². The maximum absolute atomic E-state index is 9.78. The SMILES string of the molecule is C[C@@H](CO)[C@H](C)[C@@]1(C)CCC[C@H](O[Si](c2ccccc2)(c2ccccc2)C(C)(C)C)C1. The predicted octanol–water partition coefficient (Wildman–Crippen LogP) is 5.78. The minimum atomic E-state index is -2.52. The predicted molar refractivity (Wildman–Crippen MR) is 134 cm³/mol. The van der Waals surface area contributed by atoms with Gasteiger partial charge < -0.3 is 9.53 Å². The fraction of sp³-hybridized carbons (Fsp3) is 0.571. The third-order valence-corrected chi connectivity index (χ3v) is 13.1. The summed E-state index contributed by atoms with van der Waals surface area (Å²) in [5.41, 5.74) is 0.205. The third kappa shape index (κ3) is 4.84. The van der Waals surface area contributed by atoms with Crippen LogP contribution in [0.4, 0.5) is 0 Å². The smallest absolute Gasteiger partial charge is 0.261 e. The van der Waals surface area contributed by atoms with Crippen molar-refractivity contribution in [1.29, 1.82) is 0 Å². The summed E-state index contributed by atoms with van der Waals surface area (Å²) in [6.45, 7) is 14.3. The average molecular weight is 439 g/mol. The molecule has 4 atom stereocenters. The van der Waals surface area contributed by atoms with Crippen LogP contribution < -0.4 is 10.4 Å². The van der Waals surface area contributed by atoms with Crippen LogP contribution in [0.15, 0.2) is 60.7 Å². The number of rotatable bonds is 7. The Hall–Kier alpha value is -1.42. The molecule has 1 aliphatic rings. The van der Waals surface area contributed by atoms with E-state index in [0.29, 0.717) is 11.8 Å². The molecular formula is C28H42O2Si. The first-order chi connectivity index (χ1) is 14.6. The second-order valence-electron chi connectivity index (χ2n) is 11.1. The van der Waals surface area contributed by atoms with Gasteiger partial charge in [-0.2, -0.15) is 0 Å². The molecule has 2 aromatic rings. The van der Waals surface area contributed by atoms with Gasteiger partial charge in [-0.3, -0.25) is 0 Å². The molecule has 1 N–H and O–H groups in total. The zero-order valence-corrected chi connectivity index (χ0v) is 21.4. The second kappa shape index (κ2) is 9.60. The summed E-state index contributed by atoms with van der Waals surface area (Å²) in [6.07, 6.45) is 4.86. The lowest BCUT2D eigenvalue weighted by Gasteiger charge is -2.50. The van der Waals surface area contributed by atoms with Crippen LogP contribution in [0.1, 0.15) is 67.2 Å². The largest absolute Gasteiger partial charge is 0.404 e. The second-order valence-corrected chi connectivity index (χ2v) is 15.4. The molecule has 3 heteroatoms. The van der Waals surface area contributed by atoms with Gasteiger partial charge in [-0.15, -0.1) is 0 Å². The van der Waals surface area contributed by atoms with Crippen LogP contribution in [0.3, 0.4) is 0 Å². The number of aliphatic hydroxyl groups excluding tert-OH is 1. The van der Waals surface area contributed by atoms with Gasteiger partial charge >= 0.3 is 0 Å². The molecule has 3 rings (SSSR count). The molecule has 1 fully saturated rings. The van der Waals surface area contributed by atoms with Crippen molar-refractivity contribution in [3.63, 3.8) is 0 Å². The van der Waals surface area contributed by atoms with Gasteiger partial charge in [0.2, 0.25) is 0 Å². The summed E-state index contributed by atoms with van der Waals surface area (Å²) in [4.78, 5) is 0. The summed E-state index contributed by atoms with van der Waals surface area (Å²) in [5, 5.41) is 12.5. The summed E-state index contributed by atoms with van der Waals surface area (Å²) in [7, 11) is -2.52. The van der Waals surface area contributed by atoms with Crippen molar-refractivity contribution in [1.82, 2.24) is 0 Å². The molecule has 31 heavy (non-hydrogen) atoms. The Bertz CT molecular complexity index is 774. The van der Waals surface area contributed by atoms with Crippen molar-refractivity contribution in [3.05, 3.63) is 60.7 Å². The molecule has 0 aromatic heterocycles. The number of hydrogen-bond acceptors (Lipinski definition) is 2. The van der Waals surface area contributed by atoms with Gasteiger partial charge in [0.25, 0.3) is 8.32 Å². The Kier molecular flexibility index (Phi) is 7.50. The fourth-order valence-electron chi connectivity index (χ4n) is 5.76. The summed E-state index contributed by atoms with van der Waals surface area (Å²) in [5.74, 6) is 0.791. The summed E-state index contributed by atoms with van der Waals surface area (Å²) < 4.78 is 7.45. The molecule has 0 heterocycles. The number of benzene rings is 2. The van der Waals surface area contributed by atoms with Crippen LogP contribution in [-0.2, 0) is 4.43 Å². The van der Waals surface area contributed by atoms with Gasteiger partial charge in [0, 0.05) is 12.7 Å². The molecule has 1 aliphatic carbocycles. The van der Waals surface area contributed by atoms with Gasteiger partial charge in [0.15, 0.2) is 0 Å². The zero-order valence-electron chi connectivity index (χ0n) is 20.4. The normalized spacial score (nSPS) is 24.5. The molecule has 2 aromatic carbocycles. The quantitative estimate of drug-likeness (QED) is 0.556. The van der Waals surface area contributed by atoms with E-state index in [2.05, 4.69) is 102 Å². The monoisotopic (exact) mass is 438 g/mol. The Morgan fingerprint density at radius 3 is 1.97 bits per heavy atom. The van der Waals surface area contributed by atoms with E-state index in [9.17, 15) is 5.11 Å². The minimum absolute atomic E-state index is 0.00750. The first-order valence-corrected chi connectivity index (χ1v) is 13.9. The van der Waals surface area contributed by atoms with E-state index in [4.69, 9.17) is 4.43 Å². The lowest BCUT2D eigenvalue weighted by molar-refractivity contribution is 0.00552. The molecule has 0 unspecified atom stereocenters. The lowest BCUT2D eigenvalue weighted by atomic mass is 9.63. The Balaban J connectivity index is 2.03. The van der Waals surface area contributed by atoms with Gasteiger partial charge in [0.1, 0.15) is 0 Å². The Morgan fingerprint density at radius 1 is 1.00 bits per heavy atom. The van der Waals surface area contributed by atoms with Crippen molar-refractivity contribution >= 4 is 18.7 Å². The molecule has 2 nitrogen and oxygen atoms in total. The zero-order chi connectivity index (χ0) is 22.7. The number of aliphatic hydroxyl groups is 1. The summed E-state index contributed by atoms with van der Waals surface area (Å²) >= 11 is 0. The Labute approximate surface area is 191 Å². The molecule has 1 saturated carbocycles. The highest BCUT2D eigenvalue weighted by Gasteiger charge is 2.52. The molecule has 0 saturated heterocycles. The van der Waals surface area contributed by atoms with Crippen LogP contribution in [-0.4, -0.2) is 26.1 Å². The average Bonchev–Trinajstić information content (AvgIpc) is 2.77. The lowest BCUT2D eigenvalue weighted by Crippen LogP contribution is -2.68. The van der Waals surface area contributed by atoms with E-state index in [1.807, 2.05) is 0 Å². The first kappa shape index (κ1) is 24.2. The van der Waals surface area contributed by atoms with Gasteiger partial charge in [-0.05, 0) is 51.9 Å². The van der Waals surface area contributed by atoms with Crippen molar-refractivity contribution in [2.24, 2.45) is 17.3 Å². The van der Waals surface area contributed by atoms with Gasteiger partial charge in [0.05, 0.1) is 0 Å². The highest BCUT2D eigenvalue weighted by molar-refractivity contribution is 6.99. The fourth-order valence-corrected chi connectivity index (χ4v) is 10.5. The molecule has 170 valence electrons. The molecule has 0 bridgehead atoms. The topological polar surface area (TPSA) is 29.5 Å². The van der Waals surface area contributed by atoms with Crippen molar-refractivity contribution in [2.45, 2.75) is 78.4 Å². The van der Waals surface area contributed by atoms with Crippen molar-refractivity contribution in [2.75, 3.05) is 6.61 Å². The van der Waals surface area contributed by atoms with Gasteiger partial charge in [-0.25, -0.2) is 0 Å². The number of hydrogen-bond donors (Lipinski definition) is 1. The van der Waals surface area contributed by atoms with Crippen molar-refractivity contribution < 1.29 is 9.53 Å². The van der Waals surface area contributed by atoms with E-state index in [-0.39, 0.29) is 23.2 Å². The van der Waals surface area contributed by atoms with E-state index in [1.54, 1.807) is 0 Å². The highest BCUT2D eigenvalue weighted by Crippen LogP contribution is 2.47. The highest BCUT2D eigenvalue weighted by atomic mass is 28.4. The van der Waals surface area contributed by atoms with Crippen LogP contribution >= 0.6 is 0 Å². The van der Waals surface area contributed by atoms with Crippen LogP contribution in [0.5, 0.6) is 0 Å². The molecule has 0 amide bonds. The summed E-state index contributed by atoms with van der Waals surface area (Å²) in [6, 6.07) is 22.0. The van der Waals surface area contributed by atoms with Crippen LogP contribution in [0, 0.1) is 17.3 Å². The molecule has 0 aliphatic heterocycles. The molecule has 0 radical (unpaired) electrons. The minimum Gasteiger partial charge on any atom is -0.404 e. The standard InChI is InChI=1S/C28H42O2Si/c1-22(21-29)23(2)28(6)19-13-14-24(20-28)30-31(27(3,4)5,25-15-9-7-10-16-25)26-17-11-8-12-18-26/h7-12,15-18,22-24,29H,13-14,19-21H2,1-6H3/t22-,23-,24-,28-/m0/s1. The third-order valence-electron chi connectivity index (χ3n) is 7.97. The molecule has 0 spiro atoms. The van der Waals surface area contributed by atoms with Crippen LogP contribution in [0.2, 0.25) is 5.04 Å². The Morgan fingerprint density at radius 2 is 1.52 bits per heavy atom. The first-order valence-electron chi connectivity index (χ1n) is 12.0. The van der Waals surface area contributed by atoms with E-state index < -0.39 is 8.32 Å². The van der Waals surface area contributed by atoms with E-state index in [1.165, 1.54) is 23.2 Å². The maximum atomic E-state index is 9.78. The van der Waals surface area contributed by atoms with Crippen LogP contribution in [0.25, 0.3) is 0 Å². The maximum Gasteiger partial charge on any atom is 0.261 e. The molecular weight excluding hydrogens is 396 g/mol.